The smallest absolute Gasteiger partial charge is 0.481 e. The van der Waals surface area contributed by atoms with E-state index in [1.807, 2.05) is 5.32 Å². The molecular weight excluding hydrogens is 1460 g/mol. The van der Waals surface area contributed by atoms with Crippen LogP contribution in [0.2, 0.25) is 0 Å². The standard InChI is InChI=1S/C70H86N8O28S2/c1-34-45(101-65(97)54(87)52(37-18-11-8-12-19-37)78-58(89)38-20-13-9-14-21-38)32-69(99)57(103-64(96)39-22-15-10-16-23-39)55-68(6,56(88)53(86)51(34)67(69,4)5)46(31-47-70(55,106-105-47)104-36(3)79)102-66(98)100-26-27-107-108-33-44(63(94)95)77-62(93)43(30-50(84)85)76-61(92)42(29-49(82)83)75-59(90)40(24-17-25-73-35(2)71)74-60(91)41(72-7)28-48(80)81/h8-16,18-23,40-47,52-55,57,72-73,86-87,99H,2,17,24-33,71H2,1,3-7H3,(H,74,91)(H,75,90)(H,76,92)(H,77,93)(H,78,89)(H,80,81)(H,82,83)(H,84,85)(H,94,95)/t40-,41-,42-,43-,44-,45-,46-,47+,52-,53+,54+,55?,57-,68+,69+,70+/m0/s1. The number of hydrogen-bond donors (Lipinski definition) is 15. The van der Waals surface area contributed by atoms with Gasteiger partial charge in [-0.1, -0.05) is 109 Å². The Hall–Kier alpha value is -10.2. The molecule has 2 saturated carbocycles. The van der Waals surface area contributed by atoms with Crippen molar-refractivity contribution in [2.75, 3.05) is 31.7 Å². The van der Waals surface area contributed by atoms with Gasteiger partial charge in [0.25, 0.3) is 11.7 Å². The highest BCUT2D eigenvalue weighted by Gasteiger charge is 2.81. The van der Waals surface area contributed by atoms with E-state index in [1.165, 1.54) is 83.3 Å². The molecule has 36 nitrogen and oxygen atoms in total. The van der Waals surface area contributed by atoms with Crippen molar-refractivity contribution in [3.05, 3.63) is 131 Å². The van der Waals surface area contributed by atoms with Crippen LogP contribution in [0.1, 0.15) is 112 Å². The minimum atomic E-state index is -2.70. The molecule has 0 radical (unpaired) electrons. The molecule has 0 spiro atoms. The predicted molar refractivity (Wildman–Crippen MR) is 375 cm³/mol. The number of ether oxygens (including phenoxy) is 5. The average Bonchev–Trinajstić information content (AvgIpc) is 0.668. The molecule has 1 saturated heterocycles. The molecule has 5 amide bonds. The number of carbonyl (C=O) groups is 14. The van der Waals surface area contributed by atoms with Crippen molar-refractivity contribution in [2.45, 2.75) is 164 Å². The van der Waals surface area contributed by atoms with Gasteiger partial charge in [0.15, 0.2) is 18.0 Å². The number of aliphatic carboxylic acids is 4. The molecule has 3 aromatic carbocycles. The predicted octanol–water partition coefficient (Wildman–Crippen LogP) is 0.432. The first-order valence-corrected chi connectivity index (χ1v) is 36.2. The molecule has 1 aliphatic heterocycles. The second kappa shape index (κ2) is 37.1. The van der Waals surface area contributed by atoms with E-state index in [2.05, 4.69) is 38.5 Å². The monoisotopic (exact) mass is 1550 g/mol. The highest BCUT2D eigenvalue weighted by atomic mass is 33.1. The molecule has 3 aromatic rings. The Morgan fingerprint density at radius 1 is 0.704 bits per heavy atom. The molecule has 16 atom stereocenters. The van der Waals surface area contributed by atoms with Crippen LogP contribution in [-0.2, 0) is 86.2 Å². The number of esters is 3. The zero-order valence-electron chi connectivity index (χ0n) is 59.2. The molecule has 38 heteroatoms. The van der Waals surface area contributed by atoms with E-state index in [0.29, 0.717) is 0 Å². The molecular formula is C70H86N8O28S2. The van der Waals surface area contributed by atoms with Gasteiger partial charge in [0.2, 0.25) is 23.6 Å². The van der Waals surface area contributed by atoms with Gasteiger partial charge < -0.3 is 102 Å². The number of aliphatic hydroxyl groups is 3. The van der Waals surface area contributed by atoms with Crippen molar-refractivity contribution in [1.29, 1.82) is 0 Å². The lowest BCUT2D eigenvalue weighted by atomic mass is 9.46. The lowest BCUT2D eigenvalue weighted by Gasteiger charge is -2.66. The van der Waals surface area contributed by atoms with E-state index < -0.39 is 229 Å². The van der Waals surface area contributed by atoms with Crippen LogP contribution in [0.3, 0.4) is 0 Å². The number of carboxylic acid groups (broad SMARTS) is 4. The number of hydrogen-bond acceptors (Lipinski definition) is 29. The van der Waals surface area contributed by atoms with Gasteiger partial charge in [-0.3, -0.25) is 47.9 Å². The number of Topliss-reactive ketones (excluding diaryl/α,β-unsaturated/α-hetero) is 1. The first-order chi connectivity index (χ1) is 50.9. The van der Waals surface area contributed by atoms with Crippen molar-refractivity contribution >= 4 is 105 Å². The summed E-state index contributed by atoms with van der Waals surface area (Å²) in [5.41, 5.74) is -1.58. The van der Waals surface area contributed by atoms with Crippen LogP contribution in [0.5, 0.6) is 0 Å². The fourth-order valence-electron chi connectivity index (χ4n) is 13.5. The number of ketones is 1. The molecule has 3 fully saturated rings. The lowest BCUT2D eigenvalue weighted by molar-refractivity contribution is -0.595. The van der Waals surface area contributed by atoms with Crippen LogP contribution in [0.4, 0.5) is 4.79 Å². The van der Waals surface area contributed by atoms with E-state index in [1.54, 1.807) is 42.5 Å². The second-order valence-corrected chi connectivity index (χ2v) is 29.1. The number of fused-ring (bicyclic) bond motifs is 5. The molecule has 1 unspecified atom stereocenters. The number of aliphatic hydroxyl groups excluding tert-OH is 2. The van der Waals surface area contributed by atoms with E-state index in [9.17, 15) is 98.1 Å². The Morgan fingerprint density at radius 2 is 1.23 bits per heavy atom. The van der Waals surface area contributed by atoms with Crippen LogP contribution in [0.15, 0.2) is 115 Å². The fraction of sp³-hybridized carbons (Fsp3) is 0.486. The Kier molecular flexibility index (Phi) is 29.2. The Balaban J connectivity index is 1.09. The summed E-state index contributed by atoms with van der Waals surface area (Å²) in [5.74, 6) is -22.1. The van der Waals surface area contributed by atoms with Gasteiger partial charge in [-0.05, 0) is 74.7 Å². The maximum atomic E-state index is 15.9. The maximum Gasteiger partial charge on any atom is 0.508 e. The minimum Gasteiger partial charge on any atom is -0.481 e. The summed E-state index contributed by atoms with van der Waals surface area (Å²) in [7, 11) is 2.90. The number of benzene rings is 3. The van der Waals surface area contributed by atoms with Gasteiger partial charge >= 0.3 is 47.9 Å². The second-order valence-electron chi connectivity index (χ2n) is 26.5. The SMILES string of the molecule is C=C(N)NCCC[C@H](NC(=O)[C@H](CC(=O)O)NC)C(=O)N[C@@H](CC(=O)O)C(=O)N[C@@H](CC(=O)O)C(=O)N[C@@H](CSSCCOC(=O)O[C@H]1C[C@H]2OO[C@@]2(OC(C)=O)C2[C@H](OC(=O)c3ccccc3)[C@]3(O)C[C@H](OC(=O)[C@H](O)[C@@H](NC(=O)c4ccccc4)c4ccccc4)C(C)=C([C@@H](O)C(=O)[C@@]21C)C3(C)C)C(=O)O. The van der Waals surface area contributed by atoms with Crippen LogP contribution in [-0.4, -0.2) is 229 Å². The third-order valence-corrected chi connectivity index (χ3v) is 21.4. The van der Waals surface area contributed by atoms with Crippen LogP contribution < -0.4 is 43.0 Å². The molecule has 1 heterocycles. The normalized spacial score (nSPS) is 24.3. The zero-order valence-corrected chi connectivity index (χ0v) is 60.9. The molecule has 7 rings (SSSR count). The van der Waals surface area contributed by atoms with Crippen LogP contribution >= 0.6 is 21.6 Å². The summed E-state index contributed by atoms with van der Waals surface area (Å²) >= 11 is 0. The highest BCUT2D eigenvalue weighted by molar-refractivity contribution is 8.76. The van der Waals surface area contributed by atoms with Gasteiger partial charge in [-0.25, -0.2) is 24.1 Å². The molecule has 2 bridgehead atoms. The molecule has 108 heavy (non-hydrogen) atoms. The van der Waals surface area contributed by atoms with E-state index in [-0.39, 0.29) is 58.8 Å². The van der Waals surface area contributed by atoms with Crippen LogP contribution in [0, 0.1) is 16.7 Å². The zero-order chi connectivity index (χ0) is 79.8. The van der Waals surface area contributed by atoms with Gasteiger partial charge in [-0.15, -0.1) is 0 Å². The first-order valence-electron chi connectivity index (χ1n) is 33.7. The third kappa shape index (κ3) is 20.1. The summed E-state index contributed by atoms with van der Waals surface area (Å²) < 4.78 is 29.8. The van der Waals surface area contributed by atoms with Gasteiger partial charge in [0.1, 0.15) is 60.8 Å². The molecule has 16 N–H and O–H groups in total. The first kappa shape index (κ1) is 85.0. The largest absolute Gasteiger partial charge is 0.508 e. The highest BCUT2D eigenvalue weighted by Crippen LogP contribution is 2.65. The average molecular weight is 1550 g/mol. The summed E-state index contributed by atoms with van der Waals surface area (Å²) in [6.07, 6.45) is -17.9. The van der Waals surface area contributed by atoms with Crippen molar-refractivity contribution in [3.63, 3.8) is 0 Å². The summed E-state index contributed by atoms with van der Waals surface area (Å²) in [6.45, 7) is 9.37. The third-order valence-electron chi connectivity index (χ3n) is 19.0. The summed E-state index contributed by atoms with van der Waals surface area (Å²) in [5, 5.41) is 94.1. The number of rotatable bonds is 37. The lowest BCUT2D eigenvalue weighted by Crippen LogP contribution is -2.81. The number of carboxylic acids is 4. The van der Waals surface area contributed by atoms with Crippen molar-refractivity contribution in [3.8, 4) is 0 Å². The molecule has 0 aromatic heterocycles. The van der Waals surface area contributed by atoms with Gasteiger partial charge in [0.05, 0.1) is 54.1 Å². The number of amides is 5. The number of likely N-dealkylation sites (N-methyl/N-ethyl adjacent to an activating group) is 1. The number of carbonyl (C=O) groups excluding carboxylic acids is 10. The minimum absolute atomic E-state index is 0.0322. The Morgan fingerprint density at radius 3 is 1.76 bits per heavy atom. The van der Waals surface area contributed by atoms with Gasteiger partial charge in [0, 0.05) is 48.8 Å². The Labute approximate surface area is 625 Å². The molecule has 4 aliphatic rings. The fourth-order valence-corrected chi connectivity index (χ4v) is 15.5. The summed E-state index contributed by atoms with van der Waals surface area (Å²) in [6, 6.07) is 12.7. The summed E-state index contributed by atoms with van der Waals surface area (Å²) in [4.78, 5) is 200. The molecule has 3 aliphatic carbocycles. The number of nitrogens with two attached hydrogens (primary N) is 1. The maximum absolute atomic E-state index is 15.9. The number of nitrogens with one attached hydrogen (secondary N) is 7. The van der Waals surface area contributed by atoms with E-state index >= 15 is 4.79 Å². The molecule has 586 valence electrons. The topological polar surface area (TPSA) is 555 Å². The van der Waals surface area contributed by atoms with E-state index in [4.69, 9.17) is 39.2 Å². The van der Waals surface area contributed by atoms with Crippen molar-refractivity contribution < 1.29 is 136 Å². The Bertz CT molecular complexity index is 3910. The van der Waals surface area contributed by atoms with Gasteiger partial charge in [-0.2, -0.15) is 4.89 Å². The van der Waals surface area contributed by atoms with Crippen molar-refractivity contribution in [2.24, 2.45) is 22.5 Å². The van der Waals surface area contributed by atoms with Crippen LogP contribution in [0.25, 0.3) is 0 Å². The van der Waals surface area contributed by atoms with Crippen molar-refractivity contribution in [1.82, 2.24) is 37.2 Å². The quantitative estimate of drug-likeness (QED) is 0.00929. The van der Waals surface area contributed by atoms with E-state index in [0.717, 1.165) is 28.5 Å².